The van der Waals surface area contributed by atoms with Crippen molar-refractivity contribution in [1.29, 1.82) is 0 Å². The van der Waals surface area contributed by atoms with Crippen molar-refractivity contribution in [3.05, 3.63) is 75.1 Å². The first kappa shape index (κ1) is 19.8. The van der Waals surface area contributed by atoms with Gasteiger partial charge in [0.1, 0.15) is 5.82 Å². The van der Waals surface area contributed by atoms with Crippen LogP contribution in [0.3, 0.4) is 0 Å². The molecule has 8 heteroatoms. The van der Waals surface area contributed by atoms with Gasteiger partial charge < -0.3 is 5.11 Å². The Kier molecular flexibility index (Phi) is 5.53. The van der Waals surface area contributed by atoms with Crippen LogP contribution in [0.1, 0.15) is 11.1 Å². The van der Waals surface area contributed by atoms with Crippen LogP contribution in [0.4, 0.5) is 26.3 Å². The highest BCUT2D eigenvalue weighted by atomic mass is 127. The molecule has 0 aliphatic rings. The van der Waals surface area contributed by atoms with Gasteiger partial charge >= 0.3 is 12.1 Å². The summed E-state index contributed by atoms with van der Waals surface area (Å²) in [5.74, 6) is -6.04. The van der Waals surface area contributed by atoms with E-state index in [2.05, 4.69) is 0 Å². The minimum absolute atomic E-state index is 0.156. The predicted octanol–water partition coefficient (Wildman–Crippen LogP) is 5.53. The molecule has 0 bridgehead atoms. The summed E-state index contributed by atoms with van der Waals surface area (Å²) < 4.78 is 80.1. The van der Waals surface area contributed by atoms with Gasteiger partial charge in [-0.25, -0.2) is 4.39 Å². The highest BCUT2D eigenvalue weighted by Gasteiger charge is 2.69. The lowest BCUT2D eigenvalue weighted by Gasteiger charge is -2.35. The standard InChI is InChI=1S/C17H11F6IO/c18-13-6-4-11(5-7-13)8-9-15(25,16(19,20)17(21,22)23)12-2-1-3-14(24)10-12/h1-10,25H/b9-8+. The van der Waals surface area contributed by atoms with E-state index < -0.39 is 29.1 Å². The van der Waals surface area contributed by atoms with E-state index in [1.807, 2.05) is 0 Å². The molecule has 0 heterocycles. The molecule has 2 aromatic rings. The van der Waals surface area contributed by atoms with Gasteiger partial charge in [0.2, 0.25) is 0 Å². The predicted molar refractivity (Wildman–Crippen MR) is 89.5 cm³/mol. The van der Waals surface area contributed by atoms with Gasteiger partial charge in [-0.05, 0) is 64.1 Å². The third kappa shape index (κ3) is 4.00. The van der Waals surface area contributed by atoms with Crippen molar-refractivity contribution in [2.24, 2.45) is 0 Å². The number of aliphatic hydroxyl groups is 1. The molecule has 0 radical (unpaired) electrons. The fourth-order valence-electron chi connectivity index (χ4n) is 2.11. The Morgan fingerprint density at radius 3 is 2.04 bits per heavy atom. The highest BCUT2D eigenvalue weighted by Crippen LogP contribution is 2.49. The number of halogens is 7. The molecule has 2 rings (SSSR count). The molecule has 1 unspecified atom stereocenters. The van der Waals surface area contributed by atoms with Gasteiger partial charge in [0.15, 0.2) is 5.60 Å². The van der Waals surface area contributed by atoms with Crippen LogP contribution in [0, 0.1) is 9.39 Å². The second kappa shape index (κ2) is 6.99. The molecule has 1 atom stereocenters. The van der Waals surface area contributed by atoms with Crippen molar-refractivity contribution in [2.45, 2.75) is 17.7 Å². The molecule has 0 fully saturated rings. The lowest BCUT2D eigenvalue weighted by Crippen LogP contribution is -2.54. The molecule has 0 aliphatic heterocycles. The van der Waals surface area contributed by atoms with Crippen LogP contribution >= 0.6 is 22.6 Å². The van der Waals surface area contributed by atoms with Crippen LogP contribution in [0.25, 0.3) is 6.08 Å². The molecule has 134 valence electrons. The average molecular weight is 472 g/mol. The average Bonchev–Trinajstić information content (AvgIpc) is 2.52. The maximum Gasteiger partial charge on any atom is 0.457 e. The Hall–Kier alpha value is -1.55. The fourth-order valence-corrected chi connectivity index (χ4v) is 2.66. The molecule has 0 aliphatic carbocycles. The molecule has 0 spiro atoms. The Morgan fingerprint density at radius 1 is 0.920 bits per heavy atom. The lowest BCUT2D eigenvalue weighted by molar-refractivity contribution is -0.334. The smallest absolute Gasteiger partial charge is 0.375 e. The Labute approximate surface area is 153 Å². The van der Waals surface area contributed by atoms with E-state index in [0.29, 0.717) is 9.65 Å². The number of hydrogen-bond acceptors (Lipinski definition) is 1. The minimum Gasteiger partial charge on any atom is -0.375 e. The van der Waals surface area contributed by atoms with E-state index in [1.165, 1.54) is 24.3 Å². The van der Waals surface area contributed by atoms with Crippen molar-refractivity contribution >= 4 is 28.7 Å². The molecular weight excluding hydrogens is 461 g/mol. The minimum atomic E-state index is -5.98. The molecule has 0 amide bonds. The first-order chi connectivity index (χ1) is 11.5. The molecular formula is C17H11F6IO. The second-order valence-electron chi connectivity index (χ2n) is 5.23. The summed E-state index contributed by atoms with van der Waals surface area (Å²) in [5, 5.41) is 10.4. The molecule has 0 aromatic heterocycles. The Bertz CT molecular complexity index is 769. The van der Waals surface area contributed by atoms with Crippen LogP contribution in [-0.4, -0.2) is 17.2 Å². The van der Waals surface area contributed by atoms with Crippen LogP contribution in [-0.2, 0) is 5.60 Å². The van der Waals surface area contributed by atoms with Crippen molar-refractivity contribution in [1.82, 2.24) is 0 Å². The monoisotopic (exact) mass is 472 g/mol. The molecule has 1 N–H and O–H groups in total. The van der Waals surface area contributed by atoms with Crippen molar-refractivity contribution in [3.8, 4) is 0 Å². The van der Waals surface area contributed by atoms with E-state index in [0.717, 1.165) is 30.3 Å². The highest BCUT2D eigenvalue weighted by molar-refractivity contribution is 14.1. The second-order valence-corrected chi connectivity index (χ2v) is 6.48. The van der Waals surface area contributed by atoms with Gasteiger partial charge in [-0.15, -0.1) is 0 Å². The fraction of sp³-hybridized carbons (Fsp3) is 0.176. The summed E-state index contributed by atoms with van der Waals surface area (Å²) >= 11 is 1.74. The van der Waals surface area contributed by atoms with Gasteiger partial charge in [0.25, 0.3) is 0 Å². The Morgan fingerprint density at radius 2 is 1.52 bits per heavy atom. The molecule has 2 aromatic carbocycles. The first-order valence-corrected chi connectivity index (χ1v) is 7.93. The number of rotatable bonds is 4. The number of alkyl halides is 5. The SMILES string of the molecule is OC(/C=C/c1ccc(F)cc1)(c1cccc(I)c1)C(F)(F)C(F)(F)F. The van der Waals surface area contributed by atoms with Gasteiger partial charge in [-0.1, -0.05) is 30.3 Å². The van der Waals surface area contributed by atoms with Crippen LogP contribution < -0.4 is 0 Å². The van der Waals surface area contributed by atoms with Crippen LogP contribution in [0.15, 0.2) is 54.6 Å². The molecule has 0 saturated carbocycles. The van der Waals surface area contributed by atoms with Gasteiger partial charge in [0, 0.05) is 3.57 Å². The molecule has 1 nitrogen and oxygen atoms in total. The normalized spacial score (nSPS) is 15.4. The lowest BCUT2D eigenvalue weighted by atomic mass is 9.86. The van der Waals surface area contributed by atoms with Crippen LogP contribution in [0.5, 0.6) is 0 Å². The zero-order chi connectivity index (χ0) is 18.9. The molecule has 0 saturated heterocycles. The van der Waals surface area contributed by atoms with E-state index in [4.69, 9.17) is 0 Å². The number of hydrogen-bond donors (Lipinski definition) is 1. The van der Waals surface area contributed by atoms with E-state index in [-0.39, 0.29) is 5.56 Å². The number of benzene rings is 2. The summed E-state index contributed by atoms with van der Waals surface area (Å²) in [4.78, 5) is 0. The maximum atomic E-state index is 14.1. The third-order valence-corrected chi connectivity index (χ3v) is 4.16. The summed E-state index contributed by atoms with van der Waals surface area (Å²) in [6.07, 6.45) is -4.71. The summed E-state index contributed by atoms with van der Waals surface area (Å²) in [5.41, 5.74) is -4.08. The quantitative estimate of drug-likeness (QED) is 0.459. The zero-order valence-electron chi connectivity index (χ0n) is 12.4. The van der Waals surface area contributed by atoms with Crippen molar-refractivity contribution < 1.29 is 31.4 Å². The van der Waals surface area contributed by atoms with Gasteiger partial charge in [0.05, 0.1) is 0 Å². The topological polar surface area (TPSA) is 20.2 Å². The molecule has 25 heavy (non-hydrogen) atoms. The van der Waals surface area contributed by atoms with Crippen molar-refractivity contribution in [3.63, 3.8) is 0 Å². The van der Waals surface area contributed by atoms with Gasteiger partial charge in [-0.2, -0.15) is 22.0 Å². The van der Waals surface area contributed by atoms with E-state index in [9.17, 15) is 31.4 Å². The van der Waals surface area contributed by atoms with Crippen LogP contribution in [0.2, 0.25) is 0 Å². The first-order valence-electron chi connectivity index (χ1n) is 6.85. The summed E-state index contributed by atoms with van der Waals surface area (Å²) in [6.45, 7) is 0. The largest absolute Gasteiger partial charge is 0.457 e. The summed E-state index contributed by atoms with van der Waals surface area (Å²) in [7, 11) is 0. The third-order valence-electron chi connectivity index (χ3n) is 3.49. The summed E-state index contributed by atoms with van der Waals surface area (Å²) in [6, 6.07) is 9.18. The zero-order valence-corrected chi connectivity index (χ0v) is 14.5. The van der Waals surface area contributed by atoms with E-state index in [1.54, 1.807) is 22.6 Å². The Balaban J connectivity index is 2.58. The van der Waals surface area contributed by atoms with E-state index >= 15 is 0 Å². The van der Waals surface area contributed by atoms with Gasteiger partial charge in [-0.3, -0.25) is 0 Å². The van der Waals surface area contributed by atoms with Crippen molar-refractivity contribution in [2.75, 3.05) is 0 Å². The maximum absolute atomic E-state index is 14.1.